The van der Waals surface area contributed by atoms with E-state index in [2.05, 4.69) is 22.2 Å². The van der Waals surface area contributed by atoms with Crippen molar-refractivity contribution in [3.05, 3.63) is 75.4 Å². The van der Waals surface area contributed by atoms with Crippen LogP contribution in [0.5, 0.6) is 5.75 Å². The normalized spacial score (nSPS) is 15.3. The zero-order valence-corrected chi connectivity index (χ0v) is 21.5. The molecular formula is C25H28Cl2FN7O. The Bertz CT molecular complexity index is 1260. The third-order valence-electron chi connectivity index (χ3n) is 6.09. The second-order valence-electron chi connectivity index (χ2n) is 9.06. The second kappa shape index (κ2) is 10.6. The number of nitrogens with one attached hydrogen (secondary N) is 2. The van der Waals surface area contributed by atoms with Crippen LogP contribution in [-0.2, 0) is 0 Å². The molecule has 0 bridgehead atoms. The molecule has 1 aromatic carbocycles. The summed E-state index contributed by atoms with van der Waals surface area (Å²) < 4.78 is 21.0. The van der Waals surface area contributed by atoms with Gasteiger partial charge in [-0.3, -0.25) is 10.4 Å². The molecular weight excluding hydrogens is 504 g/mol. The molecule has 1 saturated heterocycles. The molecule has 6 N–H and O–H groups in total. The van der Waals surface area contributed by atoms with Crippen molar-refractivity contribution in [2.24, 2.45) is 5.73 Å². The number of hydrogen-bond donors (Lipinski definition) is 4. The van der Waals surface area contributed by atoms with Gasteiger partial charge in [0.1, 0.15) is 11.9 Å². The number of benzene rings is 1. The van der Waals surface area contributed by atoms with Crippen molar-refractivity contribution < 1.29 is 9.13 Å². The molecule has 1 atom stereocenters. The number of ether oxygens (including phenoxy) is 1. The van der Waals surface area contributed by atoms with Crippen LogP contribution < -0.4 is 26.4 Å². The lowest BCUT2D eigenvalue weighted by molar-refractivity contribution is 0.227. The van der Waals surface area contributed by atoms with Crippen LogP contribution in [0.15, 0.2) is 42.9 Å². The lowest BCUT2D eigenvalue weighted by Gasteiger charge is -2.49. The molecule has 2 aromatic heterocycles. The number of rotatable bonds is 9. The summed E-state index contributed by atoms with van der Waals surface area (Å²) in [6, 6.07) is 6.26. The lowest BCUT2D eigenvalue weighted by Crippen LogP contribution is -2.68. The van der Waals surface area contributed by atoms with E-state index in [0.717, 1.165) is 0 Å². The highest BCUT2D eigenvalue weighted by molar-refractivity contribution is 6.35. The Kier molecular flexibility index (Phi) is 7.65. The Morgan fingerprint density at radius 2 is 1.94 bits per heavy atom. The Morgan fingerprint density at radius 3 is 2.58 bits per heavy atom. The highest BCUT2D eigenvalue weighted by atomic mass is 35.5. The van der Waals surface area contributed by atoms with Crippen LogP contribution in [-0.4, -0.2) is 47.4 Å². The van der Waals surface area contributed by atoms with E-state index in [1.165, 1.54) is 24.7 Å². The molecule has 0 amide bonds. The number of anilines is 2. The first-order valence-corrected chi connectivity index (χ1v) is 12.2. The minimum atomic E-state index is -0.500. The Hall–Kier alpha value is -2.98. The van der Waals surface area contributed by atoms with Crippen LogP contribution in [0.3, 0.4) is 0 Å². The Balaban J connectivity index is 1.51. The average molecular weight is 532 g/mol. The first-order valence-electron chi connectivity index (χ1n) is 11.4. The summed E-state index contributed by atoms with van der Waals surface area (Å²) in [7, 11) is 0. The largest absolute Gasteiger partial charge is 0.486 e. The average Bonchev–Trinajstić information content (AvgIpc) is 2.81. The van der Waals surface area contributed by atoms with Gasteiger partial charge in [0.2, 0.25) is 0 Å². The van der Waals surface area contributed by atoms with E-state index in [-0.39, 0.29) is 17.1 Å². The molecule has 0 unspecified atom stereocenters. The maximum absolute atomic E-state index is 15.0. The van der Waals surface area contributed by atoms with E-state index in [1.54, 1.807) is 25.1 Å². The lowest BCUT2D eigenvalue weighted by atomic mass is 9.92. The van der Waals surface area contributed by atoms with Gasteiger partial charge < -0.3 is 26.4 Å². The van der Waals surface area contributed by atoms with Gasteiger partial charge >= 0.3 is 0 Å². The Labute approximate surface area is 219 Å². The van der Waals surface area contributed by atoms with Crippen molar-refractivity contribution in [2.45, 2.75) is 25.5 Å². The summed E-state index contributed by atoms with van der Waals surface area (Å²) in [6.07, 6.45) is 3.99. The monoisotopic (exact) mass is 531 g/mol. The fourth-order valence-electron chi connectivity index (χ4n) is 4.29. The molecule has 0 saturated carbocycles. The fraction of sp³-hybridized carbons (Fsp3) is 0.320. The van der Waals surface area contributed by atoms with Crippen LogP contribution in [0, 0.1) is 11.2 Å². The summed E-state index contributed by atoms with van der Waals surface area (Å²) in [6.45, 7) is 6.34. The summed E-state index contributed by atoms with van der Waals surface area (Å²) in [5.41, 5.74) is 13.3. The van der Waals surface area contributed by atoms with E-state index in [0.29, 0.717) is 64.4 Å². The quantitative estimate of drug-likeness (QED) is 0.241. The van der Waals surface area contributed by atoms with Gasteiger partial charge in [0, 0.05) is 67.1 Å². The number of aromatic nitrogens is 2. The number of pyridine rings is 2. The van der Waals surface area contributed by atoms with Gasteiger partial charge in [-0.25, -0.2) is 9.37 Å². The molecule has 0 spiro atoms. The molecule has 11 heteroatoms. The number of nitrogen functional groups attached to an aromatic ring is 1. The highest BCUT2D eigenvalue weighted by Gasteiger charge is 2.39. The zero-order chi connectivity index (χ0) is 26.0. The zero-order valence-electron chi connectivity index (χ0n) is 20.0. The summed E-state index contributed by atoms with van der Waals surface area (Å²) >= 11 is 12.5. The molecule has 190 valence electrons. The molecule has 1 aliphatic rings. The molecule has 3 aromatic rings. The topological polar surface area (TPSA) is 126 Å². The third kappa shape index (κ3) is 5.39. The molecule has 3 heterocycles. The predicted molar refractivity (Wildman–Crippen MR) is 142 cm³/mol. The van der Waals surface area contributed by atoms with Gasteiger partial charge in [-0.1, -0.05) is 23.2 Å². The van der Waals surface area contributed by atoms with E-state index in [9.17, 15) is 4.39 Å². The number of hydrogen-bond acceptors (Lipinski definition) is 8. The maximum atomic E-state index is 15.0. The van der Waals surface area contributed by atoms with Crippen LogP contribution in [0.2, 0.25) is 10.0 Å². The maximum Gasteiger partial charge on any atom is 0.166 e. The molecule has 1 fully saturated rings. The van der Waals surface area contributed by atoms with Gasteiger partial charge in [-0.15, -0.1) is 0 Å². The number of halogens is 3. The smallest absolute Gasteiger partial charge is 0.166 e. The first kappa shape index (κ1) is 26.1. The minimum absolute atomic E-state index is 0.0292. The van der Waals surface area contributed by atoms with Crippen molar-refractivity contribution >= 4 is 40.4 Å². The fourth-order valence-corrected chi connectivity index (χ4v) is 4.96. The van der Waals surface area contributed by atoms with Gasteiger partial charge in [0.05, 0.1) is 21.3 Å². The number of nitrogens with two attached hydrogens (primary N) is 2. The van der Waals surface area contributed by atoms with Crippen LogP contribution >= 0.6 is 23.2 Å². The van der Waals surface area contributed by atoms with Crippen molar-refractivity contribution in [2.75, 3.05) is 36.8 Å². The van der Waals surface area contributed by atoms with Crippen LogP contribution in [0.25, 0.3) is 0 Å². The molecule has 1 aliphatic heterocycles. The summed E-state index contributed by atoms with van der Waals surface area (Å²) in [5.74, 6) is 0.207. The van der Waals surface area contributed by atoms with Crippen molar-refractivity contribution in [1.82, 2.24) is 15.3 Å². The third-order valence-corrected chi connectivity index (χ3v) is 6.69. The molecule has 36 heavy (non-hydrogen) atoms. The first-order chi connectivity index (χ1) is 17.1. The van der Waals surface area contributed by atoms with Crippen LogP contribution in [0.1, 0.15) is 36.6 Å². The van der Waals surface area contributed by atoms with E-state index >= 15 is 0 Å². The van der Waals surface area contributed by atoms with Crippen molar-refractivity contribution in [1.29, 1.82) is 5.41 Å². The second-order valence-corrected chi connectivity index (χ2v) is 9.88. The number of nitrogens with zero attached hydrogens (tertiary/aromatic N) is 3. The van der Waals surface area contributed by atoms with Gasteiger partial charge in [0.25, 0.3) is 0 Å². The Morgan fingerprint density at radius 1 is 1.25 bits per heavy atom. The molecule has 0 aliphatic carbocycles. The predicted octanol–water partition coefficient (Wildman–Crippen LogP) is 4.19. The summed E-state index contributed by atoms with van der Waals surface area (Å²) in [4.78, 5) is 10.1. The van der Waals surface area contributed by atoms with Gasteiger partial charge in [-0.05, 0) is 38.1 Å². The minimum Gasteiger partial charge on any atom is -0.486 e. The summed E-state index contributed by atoms with van der Waals surface area (Å²) in [5, 5.41) is 12.8. The molecule has 4 rings (SSSR count). The molecule has 0 radical (unpaired) electrons. The van der Waals surface area contributed by atoms with Crippen molar-refractivity contribution in [3.63, 3.8) is 0 Å². The molecule has 8 nitrogen and oxygen atoms in total. The van der Waals surface area contributed by atoms with E-state index < -0.39 is 11.9 Å². The van der Waals surface area contributed by atoms with E-state index in [1.807, 2.05) is 4.90 Å². The SMILES string of the molecule is C[C@@H](Oc1ccc(N)c(C(=N)c2cnc(N3CC(C)(NCCN)C3)c(F)c2)c1)c1c(Cl)cncc1Cl. The standard InChI is InChI=1S/C25H28Cl2FN7O/c1-14(22-18(26)10-32-11-19(22)27)36-16-3-4-21(30)17(8-16)23(31)15-7-20(28)24(33-9-15)35-12-25(2,13-35)34-6-5-29/h3-4,7-11,14,31,34H,5-6,12-13,29-30H2,1-2H3/t14-/m1/s1. The highest BCUT2D eigenvalue weighted by Crippen LogP contribution is 2.34. The van der Waals surface area contributed by atoms with Gasteiger partial charge in [-0.2, -0.15) is 0 Å². The van der Waals surface area contributed by atoms with E-state index in [4.69, 9.17) is 44.8 Å². The van der Waals surface area contributed by atoms with Crippen LogP contribution in [0.4, 0.5) is 15.9 Å². The van der Waals surface area contributed by atoms with Gasteiger partial charge in [0.15, 0.2) is 11.6 Å². The van der Waals surface area contributed by atoms with Crippen molar-refractivity contribution in [3.8, 4) is 5.75 Å².